The van der Waals surface area contributed by atoms with Gasteiger partial charge in [0.05, 0.1) is 10.4 Å². The Morgan fingerprint density at radius 1 is 1.22 bits per heavy atom. The summed E-state index contributed by atoms with van der Waals surface area (Å²) in [6, 6.07) is 6.20. The minimum Gasteiger partial charge on any atom is -0.345 e. The molecule has 1 saturated heterocycles. The van der Waals surface area contributed by atoms with Gasteiger partial charge in [0.1, 0.15) is 0 Å². The van der Waals surface area contributed by atoms with Gasteiger partial charge in [-0.2, -0.15) is 4.31 Å². The third-order valence-electron chi connectivity index (χ3n) is 5.59. The van der Waals surface area contributed by atoms with Crippen molar-refractivity contribution in [1.29, 1.82) is 0 Å². The fourth-order valence-electron chi connectivity index (χ4n) is 3.42. The van der Waals surface area contributed by atoms with Crippen LogP contribution in [-0.2, 0) is 10.0 Å². The van der Waals surface area contributed by atoms with Crippen LogP contribution in [0.15, 0.2) is 29.2 Å². The van der Waals surface area contributed by atoms with Gasteiger partial charge in [0.25, 0.3) is 5.91 Å². The first-order valence-corrected chi connectivity index (χ1v) is 10.9. The number of sulfonamides is 1. The Bertz CT molecular complexity index is 710. The molecule has 0 aromatic heterocycles. The van der Waals surface area contributed by atoms with Crippen molar-refractivity contribution in [2.24, 2.45) is 5.73 Å². The molecule has 1 atom stereocenters. The van der Waals surface area contributed by atoms with Crippen molar-refractivity contribution in [2.75, 3.05) is 13.1 Å². The minimum atomic E-state index is -3.52. The summed E-state index contributed by atoms with van der Waals surface area (Å²) in [4.78, 5) is 12.8. The first-order chi connectivity index (χ1) is 12.3. The number of carbonyl (C=O) groups is 1. The van der Waals surface area contributed by atoms with Gasteiger partial charge in [0.15, 0.2) is 0 Å². The number of hydrogen-bond acceptors (Lipinski definition) is 4. The molecule has 27 heavy (non-hydrogen) atoms. The van der Waals surface area contributed by atoms with Crippen molar-refractivity contribution in [3.8, 4) is 0 Å². The van der Waals surface area contributed by atoms with E-state index in [0.29, 0.717) is 18.7 Å². The van der Waals surface area contributed by atoms with E-state index in [1.807, 2.05) is 20.8 Å². The zero-order chi connectivity index (χ0) is 19.4. The highest BCUT2D eigenvalue weighted by atomic mass is 35.5. The molecule has 1 aliphatic heterocycles. The SMILES string of the molecule is CCC(CC)(CN)NC(=O)c1ccc(S(=O)(=O)N2CCCCC2C)cc1.Cl. The van der Waals surface area contributed by atoms with Gasteiger partial charge in [-0.1, -0.05) is 20.3 Å². The summed E-state index contributed by atoms with van der Waals surface area (Å²) >= 11 is 0. The molecule has 1 aromatic rings. The first kappa shape index (κ1) is 23.9. The van der Waals surface area contributed by atoms with Crippen molar-refractivity contribution < 1.29 is 13.2 Å². The minimum absolute atomic E-state index is 0. The molecule has 0 saturated carbocycles. The highest BCUT2D eigenvalue weighted by Gasteiger charge is 2.31. The van der Waals surface area contributed by atoms with Crippen molar-refractivity contribution >= 4 is 28.3 Å². The largest absolute Gasteiger partial charge is 0.345 e. The molecule has 2 rings (SSSR count). The summed E-state index contributed by atoms with van der Waals surface area (Å²) in [5, 5.41) is 3.00. The molecule has 8 heteroatoms. The number of benzene rings is 1. The van der Waals surface area contributed by atoms with Crippen LogP contribution in [0.3, 0.4) is 0 Å². The third-order valence-corrected chi connectivity index (χ3v) is 7.62. The van der Waals surface area contributed by atoms with E-state index in [-0.39, 0.29) is 29.3 Å². The average molecular weight is 418 g/mol. The number of rotatable bonds is 7. The van der Waals surface area contributed by atoms with Gasteiger partial charge in [0, 0.05) is 24.7 Å². The highest BCUT2D eigenvalue weighted by molar-refractivity contribution is 7.89. The molecule has 1 unspecified atom stereocenters. The molecule has 0 spiro atoms. The lowest BCUT2D eigenvalue weighted by molar-refractivity contribution is 0.0895. The Hall–Kier alpha value is -1.15. The fourth-order valence-corrected chi connectivity index (χ4v) is 5.12. The highest BCUT2D eigenvalue weighted by Crippen LogP contribution is 2.25. The second kappa shape index (κ2) is 9.87. The topological polar surface area (TPSA) is 92.5 Å². The van der Waals surface area contributed by atoms with Gasteiger partial charge in [-0.15, -0.1) is 12.4 Å². The second-order valence-corrected chi connectivity index (χ2v) is 9.02. The smallest absolute Gasteiger partial charge is 0.251 e. The normalized spacial score (nSPS) is 18.6. The van der Waals surface area contributed by atoms with Crippen molar-refractivity contribution in [3.63, 3.8) is 0 Å². The number of hydrogen-bond donors (Lipinski definition) is 2. The molecular formula is C19H32ClN3O3S. The quantitative estimate of drug-likeness (QED) is 0.713. The molecule has 1 heterocycles. The molecule has 1 amide bonds. The number of carbonyl (C=O) groups excluding carboxylic acids is 1. The van der Waals surface area contributed by atoms with Crippen LogP contribution in [0.25, 0.3) is 0 Å². The van der Waals surface area contributed by atoms with Crippen LogP contribution in [0, 0.1) is 0 Å². The number of amides is 1. The van der Waals surface area contributed by atoms with E-state index < -0.39 is 15.6 Å². The molecule has 3 N–H and O–H groups in total. The molecule has 6 nitrogen and oxygen atoms in total. The Morgan fingerprint density at radius 2 is 1.81 bits per heavy atom. The molecule has 154 valence electrons. The maximum absolute atomic E-state index is 12.9. The second-order valence-electron chi connectivity index (χ2n) is 7.13. The molecule has 0 aliphatic carbocycles. The zero-order valence-electron chi connectivity index (χ0n) is 16.4. The summed E-state index contributed by atoms with van der Waals surface area (Å²) in [6.07, 6.45) is 4.31. The Kier molecular flexibility index (Phi) is 8.73. The van der Waals surface area contributed by atoms with Crippen LogP contribution in [-0.4, -0.2) is 43.3 Å². The summed E-state index contributed by atoms with van der Waals surface area (Å²) in [6.45, 7) is 6.85. The Labute approximate surface area is 169 Å². The standard InChI is InChI=1S/C19H31N3O3S.ClH/c1-4-19(5-2,14-20)21-18(23)16-9-11-17(12-10-16)26(24,25)22-13-7-6-8-15(22)3;/h9-12,15H,4-8,13-14,20H2,1-3H3,(H,21,23);1H. The van der Waals surface area contributed by atoms with Crippen LogP contribution >= 0.6 is 12.4 Å². The first-order valence-electron chi connectivity index (χ1n) is 9.44. The van der Waals surface area contributed by atoms with E-state index in [1.54, 1.807) is 16.4 Å². The molecule has 1 aromatic carbocycles. The molecule has 1 fully saturated rings. The van der Waals surface area contributed by atoms with E-state index in [2.05, 4.69) is 5.32 Å². The van der Waals surface area contributed by atoms with Crippen molar-refractivity contribution in [2.45, 2.75) is 69.4 Å². The molecule has 0 bridgehead atoms. The van der Waals surface area contributed by atoms with E-state index in [1.165, 1.54) is 12.1 Å². The lowest BCUT2D eigenvalue weighted by atomic mass is 9.92. The van der Waals surface area contributed by atoms with Gasteiger partial charge < -0.3 is 11.1 Å². The van der Waals surface area contributed by atoms with Crippen molar-refractivity contribution in [1.82, 2.24) is 9.62 Å². The maximum Gasteiger partial charge on any atom is 0.251 e. The lowest BCUT2D eigenvalue weighted by Gasteiger charge is -2.32. The number of nitrogens with two attached hydrogens (primary N) is 1. The lowest BCUT2D eigenvalue weighted by Crippen LogP contribution is -2.52. The Morgan fingerprint density at radius 3 is 2.30 bits per heavy atom. The summed E-state index contributed by atoms with van der Waals surface area (Å²) in [5.41, 5.74) is 5.85. The molecule has 0 radical (unpaired) electrons. The van der Waals surface area contributed by atoms with Gasteiger partial charge >= 0.3 is 0 Å². The molecule has 1 aliphatic rings. The summed E-state index contributed by atoms with van der Waals surface area (Å²) in [5.74, 6) is -0.227. The van der Waals surface area contributed by atoms with E-state index >= 15 is 0 Å². The average Bonchev–Trinajstić information content (AvgIpc) is 2.66. The Balaban J connectivity index is 0.00000364. The molecular weight excluding hydrogens is 386 g/mol. The van der Waals surface area contributed by atoms with Crippen LogP contribution in [0.4, 0.5) is 0 Å². The van der Waals surface area contributed by atoms with Gasteiger partial charge in [0.2, 0.25) is 10.0 Å². The van der Waals surface area contributed by atoms with E-state index in [4.69, 9.17) is 5.73 Å². The zero-order valence-corrected chi connectivity index (χ0v) is 18.0. The summed E-state index contributed by atoms with van der Waals surface area (Å²) in [7, 11) is -3.52. The van der Waals surface area contributed by atoms with Gasteiger partial charge in [-0.3, -0.25) is 4.79 Å². The van der Waals surface area contributed by atoms with Crippen LogP contribution < -0.4 is 11.1 Å². The predicted octanol–water partition coefficient (Wildman–Crippen LogP) is 2.92. The predicted molar refractivity (Wildman–Crippen MR) is 111 cm³/mol. The number of nitrogens with one attached hydrogen (secondary N) is 1. The van der Waals surface area contributed by atoms with Crippen LogP contribution in [0.1, 0.15) is 63.2 Å². The van der Waals surface area contributed by atoms with E-state index in [9.17, 15) is 13.2 Å². The van der Waals surface area contributed by atoms with Crippen molar-refractivity contribution in [3.05, 3.63) is 29.8 Å². The van der Waals surface area contributed by atoms with Crippen LogP contribution in [0.5, 0.6) is 0 Å². The summed E-state index contributed by atoms with van der Waals surface area (Å²) < 4.78 is 27.3. The number of halogens is 1. The fraction of sp³-hybridized carbons (Fsp3) is 0.632. The maximum atomic E-state index is 12.9. The third kappa shape index (κ3) is 5.22. The van der Waals surface area contributed by atoms with Gasteiger partial charge in [-0.25, -0.2) is 8.42 Å². The van der Waals surface area contributed by atoms with Gasteiger partial charge in [-0.05, 0) is 56.9 Å². The number of nitrogens with zero attached hydrogens (tertiary/aromatic N) is 1. The van der Waals surface area contributed by atoms with E-state index in [0.717, 1.165) is 32.1 Å². The number of piperidine rings is 1. The van der Waals surface area contributed by atoms with Crippen LogP contribution in [0.2, 0.25) is 0 Å². The monoisotopic (exact) mass is 417 g/mol.